The maximum atomic E-state index is 5.18. The summed E-state index contributed by atoms with van der Waals surface area (Å²) < 4.78 is 5.17. The molecule has 0 aromatic rings. The standard InChI is InChI=1S/C11H19N3O.HI/c1-4-6-13-10(12-5-2)14-7-11(3)8-15-9-11;/h1H,5-9H2,2-3H3,(H2,12,13,14);1H. The SMILES string of the molecule is C#CCNC(=NCC1(C)COC1)NCC.I. The third-order valence-corrected chi connectivity index (χ3v) is 2.22. The number of hydrogen-bond donors (Lipinski definition) is 2. The molecule has 0 saturated carbocycles. The zero-order chi connectivity index (χ0) is 11.1. The minimum atomic E-state index is 0. The lowest BCUT2D eigenvalue weighted by Crippen LogP contribution is -2.44. The molecule has 1 aliphatic heterocycles. The Balaban J connectivity index is 0.00000225. The molecule has 1 heterocycles. The largest absolute Gasteiger partial charge is 0.380 e. The summed E-state index contributed by atoms with van der Waals surface area (Å²) in [6.07, 6.45) is 5.18. The van der Waals surface area contributed by atoms with Crippen LogP contribution >= 0.6 is 24.0 Å². The first-order valence-corrected chi connectivity index (χ1v) is 5.23. The Morgan fingerprint density at radius 2 is 2.19 bits per heavy atom. The van der Waals surface area contributed by atoms with Crippen molar-refractivity contribution in [2.45, 2.75) is 13.8 Å². The lowest BCUT2D eigenvalue weighted by molar-refractivity contribution is -0.0945. The van der Waals surface area contributed by atoms with Gasteiger partial charge in [-0.1, -0.05) is 12.8 Å². The first-order valence-electron chi connectivity index (χ1n) is 5.23. The maximum absolute atomic E-state index is 5.18. The molecule has 0 aliphatic carbocycles. The molecule has 1 saturated heterocycles. The topological polar surface area (TPSA) is 45.7 Å². The highest BCUT2D eigenvalue weighted by Gasteiger charge is 2.33. The van der Waals surface area contributed by atoms with Crippen molar-refractivity contribution in [2.24, 2.45) is 10.4 Å². The van der Waals surface area contributed by atoms with Crippen LogP contribution in [0.5, 0.6) is 0 Å². The second kappa shape index (κ2) is 7.74. The average Bonchev–Trinajstić information content (AvgIpc) is 2.19. The summed E-state index contributed by atoms with van der Waals surface area (Å²) >= 11 is 0. The maximum Gasteiger partial charge on any atom is 0.192 e. The van der Waals surface area contributed by atoms with Gasteiger partial charge >= 0.3 is 0 Å². The second-order valence-electron chi connectivity index (χ2n) is 4.06. The van der Waals surface area contributed by atoms with Gasteiger partial charge in [-0.15, -0.1) is 30.4 Å². The Labute approximate surface area is 115 Å². The number of ether oxygens (including phenoxy) is 1. The number of hydrogen-bond acceptors (Lipinski definition) is 2. The summed E-state index contributed by atoms with van der Waals surface area (Å²) in [5.74, 6) is 3.31. The van der Waals surface area contributed by atoms with E-state index >= 15 is 0 Å². The van der Waals surface area contributed by atoms with Crippen LogP contribution in [0.1, 0.15) is 13.8 Å². The monoisotopic (exact) mass is 337 g/mol. The van der Waals surface area contributed by atoms with Gasteiger partial charge in [-0.05, 0) is 6.92 Å². The number of nitrogens with one attached hydrogen (secondary N) is 2. The van der Waals surface area contributed by atoms with Crippen LogP contribution < -0.4 is 10.6 Å². The van der Waals surface area contributed by atoms with E-state index in [1.54, 1.807) is 0 Å². The molecule has 1 rings (SSSR count). The summed E-state index contributed by atoms with van der Waals surface area (Å²) in [5.41, 5.74) is 0.207. The fraction of sp³-hybridized carbons (Fsp3) is 0.727. The predicted octanol–water partition coefficient (Wildman–Crippen LogP) is 0.829. The van der Waals surface area contributed by atoms with E-state index in [1.165, 1.54) is 0 Å². The molecule has 16 heavy (non-hydrogen) atoms. The molecule has 0 aromatic carbocycles. The second-order valence-corrected chi connectivity index (χ2v) is 4.06. The summed E-state index contributed by atoms with van der Waals surface area (Å²) in [4.78, 5) is 4.46. The van der Waals surface area contributed by atoms with Crippen LogP contribution in [0.25, 0.3) is 0 Å². The van der Waals surface area contributed by atoms with Crippen molar-refractivity contribution in [1.82, 2.24) is 10.6 Å². The predicted molar refractivity (Wildman–Crippen MR) is 77.2 cm³/mol. The molecular formula is C11H20IN3O. The molecule has 0 atom stereocenters. The molecule has 1 aliphatic rings. The lowest BCUT2D eigenvalue weighted by Gasteiger charge is -2.36. The molecule has 0 bridgehead atoms. The molecule has 1 fully saturated rings. The van der Waals surface area contributed by atoms with E-state index in [2.05, 4.69) is 28.5 Å². The highest BCUT2D eigenvalue weighted by Crippen LogP contribution is 2.26. The van der Waals surface area contributed by atoms with E-state index in [0.29, 0.717) is 6.54 Å². The number of nitrogens with zero attached hydrogens (tertiary/aromatic N) is 1. The van der Waals surface area contributed by atoms with Gasteiger partial charge in [0.25, 0.3) is 0 Å². The van der Waals surface area contributed by atoms with Gasteiger partial charge in [0.1, 0.15) is 0 Å². The molecule has 0 aromatic heterocycles. The normalized spacial score (nSPS) is 17.7. The minimum Gasteiger partial charge on any atom is -0.380 e. The van der Waals surface area contributed by atoms with Gasteiger partial charge in [-0.25, -0.2) is 0 Å². The van der Waals surface area contributed by atoms with E-state index in [-0.39, 0.29) is 29.4 Å². The van der Waals surface area contributed by atoms with Crippen molar-refractivity contribution in [3.63, 3.8) is 0 Å². The first kappa shape index (κ1) is 15.5. The Kier molecular flexibility index (Phi) is 7.51. The summed E-state index contributed by atoms with van der Waals surface area (Å²) in [7, 11) is 0. The molecule has 5 heteroatoms. The fourth-order valence-corrected chi connectivity index (χ4v) is 1.29. The van der Waals surface area contributed by atoms with Crippen molar-refractivity contribution in [3.05, 3.63) is 0 Å². The zero-order valence-corrected chi connectivity index (χ0v) is 12.2. The smallest absolute Gasteiger partial charge is 0.192 e. The van der Waals surface area contributed by atoms with Crippen LogP contribution in [0.4, 0.5) is 0 Å². The molecule has 2 N–H and O–H groups in total. The molecular weight excluding hydrogens is 317 g/mol. The summed E-state index contributed by atoms with van der Waals surface area (Å²) in [5, 5.41) is 6.19. The highest BCUT2D eigenvalue weighted by molar-refractivity contribution is 14.0. The van der Waals surface area contributed by atoms with Gasteiger partial charge in [0.05, 0.1) is 26.3 Å². The van der Waals surface area contributed by atoms with Gasteiger partial charge < -0.3 is 15.4 Å². The highest BCUT2D eigenvalue weighted by atomic mass is 127. The van der Waals surface area contributed by atoms with E-state index in [9.17, 15) is 0 Å². The van der Waals surface area contributed by atoms with Gasteiger partial charge in [0.2, 0.25) is 0 Å². The van der Waals surface area contributed by atoms with E-state index < -0.39 is 0 Å². The Morgan fingerprint density at radius 1 is 1.50 bits per heavy atom. The van der Waals surface area contributed by atoms with Crippen LogP contribution in [0, 0.1) is 17.8 Å². The number of halogens is 1. The van der Waals surface area contributed by atoms with Crippen LogP contribution in [-0.2, 0) is 4.74 Å². The van der Waals surface area contributed by atoms with E-state index in [0.717, 1.165) is 32.3 Å². The molecule has 0 amide bonds. The number of rotatable bonds is 4. The van der Waals surface area contributed by atoms with Crippen molar-refractivity contribution in [2.75, 3.05) is 32.8 Å². The van der Waals surface area contributed by atoms with Crippen molar-refractivity contribution in [3.8, 4) is 12.3 Å². The molecule has 0 unspecified atom stereocenters. The minimum absolute atomic E-state index is 0. The van der Waals surface area contributed by atoms with Crippen molar-refractivity contribution >= 4 is 29.9 Å². The van der Waals surface area contributed by atoms with Gasteiger partial charge in [0.15, 0.2) is 5.96 Å². The number of aliphatic imine (C=N–C) groups is 1. The average molecular weight is 337 g/mol. The molecule has 0 spiro atoms. The number of guanidine groups is 1. The Bertz CT molecular complexity index is 269. The Hall–Kier alpha value is -0.480. The third-order valence-electron chi connectivity index (χ3n) is 2.22. The van der Waals surface area contributed by atoms with E-state index in [4.69, 9.17) is 11.2 Å². The van der Waals surface area contributed by atoms with Gasteiger partial charge in [-0.3, -0.25) is 4.99 Å². The van der Waals surface area contributed by atoms with Crippen molar-refractivity contribution in [1.29, 1.82) is 0 Å². The van der Waals surface area contributed by atoms with Crippen LogP contribution in [0.2, 0.25) is 0 Å². The lowest BCUT2D eigenvalue weighted by atomic mass is 9.89. The fourth-order valence-electron chi connectivity index (χ4n) is 1.29. The zero-order valence-electron chi connectivity index (χ0n) is 9.88. The van der Waals surface area contributed by atoms with Crippen LogP contribution in [0.3, 0.4) is 0 Å². The summed E-state index contributed by atoms with van der Waals surface area (Å²) in [6, 6.07) is 0. The quantitative estimate of drug-likeness (QED) is 0.346. The molecule has 4 nitrogen and oxygen atoms in total. The molecule has 0 radical (unpaired) electrons. The van der Waals surface area contributed by atoms with Gasteiger partial charge in [-0.2, -0.15) is 0 Å². The first-order chi connectivity index (χ1) is 7.20. The van der Waals surface area contributed by atoms with Crippen LogP contribution in [-0.4, -0.2) is 38.8 Å². The third kappa shape index (κ3) is 5.03. The summed E-state index contributed by atoms with van der Waals surface area (Å²) in [6.45, 7) is 7.90. The van der Waals surface area contributed by atoms with Crippen LogP contribution in [0.15, 0.2) is 4.99 Å². The van der Waals surface area contributed by atoms with Crippen molar-refractivity contribution < 1.29 is 4.74 Å². The van der Waals surface area contributed by atoms with Gasteiger partial charge in [0, 0.05) is 12.0 Å². The Morgan fingerprint density at radius 3 is 2.62 bits per heavy atom. The molecule has 92 valence electrons. The van der Waals surface area contributed by atoms with E-state index in [1.807, 2.05) is 6.92 Å². The number of terminal acetylenes is 1.